The lowest BCUT2D eigenvalue weighted by Gasteiger charge is -2.14. The number of aliphatic carboxylic acids is 1. The summed E-state index contributed by atoms with van der Waals surface area (Å²) in [5.41, 5.74) is 0. The molecule has 0 aromatic carbocycles. The molecule has 0 aliphatic carbocycles. The number of nitrogens with zero attached hydrogens (tertiary/aromatic N) is 1. The van der Waals surface area contributed by atoms with Gasteiger partial charge in [-0.25, -0.2) is 0 Å². The molecule has 1 aliphatic rings. The summed E-state index contributed by atoms with van der Waals surface area (Å²) in [6.07, 6.45) is 5.80. The number of carboxylic acids is 1. The van der Waals surface area contributed by atoms with Crippen LogP contribution in [0.25, 0.3) is 0 Å². The van der Waals surface area contributed by atoms with E-state index in [1.54, 1.807) is 4.90 Å². The average molecular weight is 209 g/mol. The van der Waals surface area contributed by atoms with E-state index >= 15 is 0 Å². The standard InChI is InChI=1S/C11H15NO3/c1-3-4-5-10(13)12-6-8(2)9(7-12)11(14)15/h1,8-9H,4-7H2,2H3,(H,14,15). The van der Waals surface area contributed by atoms with Gasteiger partial charge in [0, 0.05) is 25.9 Å². The van der Waals surface area contributed by atoms with E-state index in [2.05, 4.69) is 5.92 Å². The smallest absolute Gasteiger partial charge is 0.308 e. The molecule has 0 radical (unpaired) electrons. The Morgan fingerprint density at radius 2 is 2.20 bits per heavy atom. The summed E-state index contributed by atoms with van der Waals surface area (Å²) in [6.45, 7) is 2.70. The van der Waals surface area contributed by atoms with Crippen LogP contribution in [-0.4, -0.2) is 35.0 Å². The van der Waals surface area contributed by atoms with E-state index in [4.69, 9.17) is 11.5 Å². The molecule has 1 saturated heterocycles. The van der Waals surface area contributed by atoms with Gasteiger partial charge in [-0.15, -0.1) is 12.3 Å². The minimum absolute atomic E-state index is 0.0253. The molecule has 15 heavy (non-hydrogen) atoms. The molecule has 1 heterocycles. The lowest BCUT2D eigenvalue weighted by molar-refractivity contribution is -0.142. The second-order valence-corrected chi connectivity index (χ2v) is 3.92. The molecule has 0 aromatic heterocycles. The lowest BCUT2D eigenvalue weighted by atomic mass is 9.99. The van der Waals surface area contributed by atoms with Crippen LogP contribution in [0.5, 0.6) is 0 Å². The van der Waals surface area contributed by atoms with Crippen LogP contribution in [-0.2, 0) is 9.59 Å². The van der Waals surface area contributed by atoms with E-state index in [1.165, 1.54) is 0 Å². The summed E-state index contributed by atoms with van der Waals surface area (Å²) in [5, 5.41) is 8.89. The summed E-state index contributed by atoms with van der Waals surface area (Å²) >= 11 is 0. The number of hydrogen-bond donors (Lipinski definition) is 1. The number of hydrogen-bond acceptors (Lipinski definition) is 2. The van der Waals surface area contributed by atoms with Gasteiger partial charge in [0.05, 0.1) is 5.92 Å². The van der Waals surface area contributed by atoms with Crippen molar-refractivity contribution in [2.75, 3.05) is 13.1 Å². The van der Waals surface area contributed by atoms with Crippen molar-refractivity contribution >= 4 is 11.9 Å². The van der Waals surface area contributed by atoms with Gasteiger partial charge in [0.2, 0.25) is 5.91 Å². The Balaban J connectivity index is 2.51. The van der Waals surface area contributed by atoms with Gasteiger partial charge in [0.25, 0.3) is 0 Å². The number of rotatable bonds is 3. The fourth-order valence-corrected chi connectivity index (χ4v) is 1.83. The summed E-state index contributed by atoms with van der Waals surface area (Å²) in [7, 11) is 0. The van der Waals surface area contributed by atoms with Crippen LogP contribution < -0.4 is 0 Å². The number of carbonyl (C=O) groups excluding carboxylic acids is 1. The molecule has 2 atom stereocenters. The Bertz CT molecular complexity index is 305. The zero-order valence-corrected chi connectivity index (χ0v) is 8.77. The number of likely N-dealkylation sites (tertiary alicyclic amines) is 1. The molecule has 82 valence electrons. The van der Waals surface area contributed by atoms with Crippen molar-refractivity contribution in [3.63, 3.8) is 0 Å². The Labute approximate surface area is 89.3 Å². The molecular weight excluding hydrogens is 194 g/mol. The van der Waals surface area contributed by atoms with E-state index in [-0.39, 0.29) is 11.8 Å². The molecular formula is C11H15NO3. The summed E-state index contributed by atoms with van der Waals surface area (Å²) in [5.74, 6) is 1.14. The second kappa shape index (κ2) is 4.83. The van der Waals surface area contributed by atoms with Gasteiger partial charge in [0.1, 0.15) is 0 Å². The van der Waals surface area contributed by atoms with E-state index in [9.17, 15) is 9.59 Å². The first-order valence-corrected chi connectivity index (χ1v) is 5.00. The Morgan fingerprint density at radius 3 is 2.67 bits per heavy atom. The van der Waals surface area contributed by atoms with Crippen molar-refractivity contribution in [1.29, 1.82) is 0 Å². The van der Waals surface area contributed by atoms with Crippen molar-refractivity contribution in [1.82, 2.24) is 4.90 Å². The highest BCUT2D eigenvalue weighted by Crippen LogP contribution is 2.23. The predicted octanol–water partition coefficient (Wildman–Crippen LogP) is 0.579. The van der Waals surface area contributed by atoms with E-state index in [0.29, 0.717) is 25.9 Å². The molecule has 1 N–H and O–H groups in total. The van der Waals surface area contributed by atoms with Crippen molar-refractivity contribution in [3.8, 4) is 12.3 Å². The quantitative estimate of drug-likeness (QED) is 0.692. The summed E-state index contributed by atoms with van der Waals surface area (Å²) in [6, 6.07) is 0. The monoisotopic (exact) mass is 209 g/mol. The van der Waals surface area contributed by atoms with Crippen molar-refractivity contribution in [2.24, 2.45) is 11.8 Å². The lowest BCUT2D eigenvalue weighted by Crippen LogP contribution is -2.29. The van der Waals surface area contributed by atoms with Gasteiger partial charge in [-0.2, -0.15) is 0 Å². The molecule has 0 aromatic rings. The molecule has 1 aliphatic heterocycles. The highest BCUT2D eigenvalue weighted by Gasteiger charge is 2.36. The highest BCUT2D eigenvalue weighted by atomic mass is 16.4. The maximum absolute atomic E-state index is 11.6. The van der Waals surface area contributed by atoms with Crippen molar-refractivity contribution < 1.29 is 14.7 Å². The van der Waals surface area contributed by atoms with E-state index in [0.717, 1.165) is 0 Å². The Morgan fingerprint density at radius 1 is 1.53 bits per heavy atom. The molecule has 0 spiro atoms. The van der Waals surface area contributed by atoms with Gasteiger partial charge in [-0.3, -0.25) is 9.59 Å². The van der Waals surface area contributed by atoms with Gasteiger partial charge in [-0.05, 0) is 5.92 Å². The van der Waals surface area contributed by atoms with Crippen LogP contribution in [0.2, 0.25) is 0 Å². The molecule has 4 heteroatoms. The second-order valence-electron chi connectivity index (χ2n) is 3.92. The summed E-state index contributed by atoms with van der Waals surface area (Å²) < 4.78 is 0. The number of carbonyl (C=O) groups is 2. The largest absolute Gasteiger partial charge is 0.481 e. The Kier molecular flexibility index (Phi) is 3.73. The molecule has 1 rings (SSSR count). The molecule has 1 fully saturated rings. The maximum Gasteiger partial charge on any atom is 0.308 e. The summed E-state index contributed by atoms with van der Waals surface area (Å²) in [4.78, 5) is 24.0. The molecule has 0 saturated carbocycles. The van der Waals surface area contributed by atoms with Gasteiger partial charge >= 0.3 is 5.97 Å². The first-order valence-electron chi connectivity index (χ1n) is 5.00. The normalized spacial score (nSPS) is 24.9. The third-order valence-corrected chi connectivity index (χ3v) is 2.77. The van der Waals surface area contributed by atoms with Crippen LogP contribution in [0.15, 0.2) is 0 Å². The van der Waals surface area contributed by atoms with E-state index < -0.39 is 11.9 Å². The number of amides is 1. The minimum Gasteiger partial charge on any atom is -0.481 e. The molecule has 4 nitrogen and oxygen atoms in total. The SMILES string of the molecule is C#CCCC(=O)N1CC(C)C(C(=O)O)C1. The zero-order chi connectivity index (χ0) is 11.4. The number of terminal acetylenes is 1. The zero-order valence-electron chi connectivity index (χ0n) is 8.77. The third-order valence-electron chi connectivity index (χ3n) is 2.77. The fourth-order valence-electron chi connectivity index (χ4n) is 1.83. The van der Waals surface area contributed by atoms with Crippen molar-refractivity contribution in [2.45, 2.75) is 19.8 Å². The number of carboxylic acid groups (broad SMARTS) is 1. The van der Waals surface area contributed by atoms with Crippen LogP contribution >= 0.6 is 0 Å². The van der Waals surface area contributed by atoms with Crippen LogP contribution in [0, 0.1) is 24.2 Å². The topological polar surface area (TPSA) is 57.6 Å². The average Bonchev–Trinajstić information content (AvgIpc) is 2.56. The van der Waals surface area contributed by atoms with E-state index in [1.807, 2.05) is 6.92 Å². The van der Waals surface area contributed by atoms with Gasteiger partial charge in [-0.1, -0.05) is 6.92 Å². The molecule has 1 amide bonds. The van der Waals surface area contributed by atoms with Crippen LogP contribution in [0.3, 0.4) is 0 Å². The first kappa shape index (κ1) is 11.6. The molecule has 0 bridgehead atoms. The first-order chi connectivity index (χ1) is 7.06. The Hall–Kier alpha value is -1.50. The van der Waals surface area contributed by atoms with Gasteiger partial charge in [0.15, 0.2) is 0 Å². The van der Waals surface area contributed by atoms with Gasteiger partial charge < -0.3 is 10.0 Å². The van der Waals surface area contributed by atoms with Crippen molar-refractivity contribution in [3.05, 3.63) is 0 Å². The highest BCUT2D eigenvalue weighted by molar-refractivity contribution is 5.79. The fraction of sp³-hybridized carbons (Fsp3) is 0.636. The maximum atomic E-state index is 11.6. The molecule has 2 unspecified atom stereocenters. The minimum atomic E-state index is -0.824. The third kappa shape index (κ3) is 2.72. The van der Waals surface area contributed by atoms with Crippen LogP contribution in [0.4, 0.5) is 0 Å². The van der Waals surface area contributed by atoms with Crippen LogP contribution in [0.1, 0.15) is 19.8 Å². The predicted molar refractivity (Wildman–Crippen MR) is 54.9 cm³/mol.